The molecule has 0 aliphatic heterocycles. The van der Waals surface area contributed by atoms with Crippen LogP contribution in [0.3, 0.4) is 0 Å². The summed E-state index contributed by atoms with van der Waals surface area (Å²) in [6.07, 6.45) is 4.72. The Balaban J connectivity index is 1.92. The van der Waals surface area contributed by atoms with Crippen molar-refractivity contribution < 1.29 is 0 Å². The van der Waals surface area contributed by atoms with Crippen molar-refractivity contribution in [2.45, 2.75) is 32.2 Å². The smallest absolute Gasteiger partial charge is 0.0404 e. The molecule has 0 fully saturated rings. The summed E-state index contributed by atoms with van der Waals surface area (Å²) in [6.45, 7) is 2.14. The molecule has 0 spiro atoms. The van der Waals surface area contributed by atoms with Crippen molar-refractivity contribution in [3.63, 3.8) is 0 Å². The van der Waals surface area contributed by atoms with Crippen LogP contribution in [0.15, 0.2) is 48.7 Å². The van der Waals surface area contributed by atoms with Gasteiger partial charge < -0.3 is 0 Å². The molecule has 0 saturated carbocycles. The third kappa shape index (κ3) is 4.16. The molecule has 1 heterocycles. The molecule has 0 aliphatic carbocycles. The van der Waals surface area contributed by atoms with E-state index in [1.165, 1.54) is 11.1 Å². The number of nitrogens with two attached hydrogens (primary N) is 1. The van der Waals surface area contributed by atoms with Gasteiger partial charge in [-0.1, -0.05) is 30.3 Å². The summed E-state index contributed by atoms with van der Waals surface area (Å²) in [5, 5.41) is 0. The fraction of sp³-hybridized carbons (Fsp3) is 0.312. The van der Waals surface area contributed by atoms with Gasteiger partial charge in [-0.05, 0) is 49.4 Å². The maximum absolute atomic E-state index is 5.66. The molecule has 0 amide bonds. The lowest BCUT2D eigenvalue weighted by molar-refractivity contribution is 0.488. The van der Waals surface area contributed by atoms with Crippen LogP contribution in [0.4, 0.5) is 0 Å². The van der Waals surface area contributed by atoms with E-state index in [2.05, 4.69) is 47.7 Å². The standard InChI is InChI=1S/C16H21N3/c1-13-6-2-3-7-14(13)12-16(19-17)10-9-15-8-4-5-11-18-15/h2-8,11,16,19H,9-10,12,17H2,1H3. The van der Waals surface area contributed by atoms with E-state index >= 15 is 0 Å². The number of aromatic nitrogens is 1. The average molecular weight is 255 g/mol. The van der Waals surface area contributed by atoms with Crippen LogP contribution in [0.1, 0.15) is 23.2 Å². The second-order valence-corrected chi connectivity index (χ2v) is 4.85. The number of benzene rings is 1. The largest absolute Gasteiger partial charge is 0.271 e. The Morgan fingerprint density at radius 2 is 1.95 bits per heavy atom. The molecule has 2 aromatic rings. The van der Waals surface area contributed by atoms with Crippen molar-refractivity contribution in [2.24, 2.45) is 5.84 Å². The quantitative estimate of drug-likeness (QED) is 0.615. The lowest BCUT2D eigenvalue weighted by Crippen LogP contribution is -2.37. The minimum atomic E-state index is 0.281. The molecule has 0 aliphatic rings. The molecule has 2 rings (SSSR count). The van der Waals surface area contributed by atoms with Gasteiger partial charge in [0.25, 0.3) is 0 Å². The molecule has 0 saturated heterocycles. The second kappa shape index (κ2) is 7.02. The predicted molar refractivity (Wildman–Crippen MR) is 78.6 cm³/mol. The number of nitrogens with zero attached hydrogens (tertiary/aromatic N) is 1. The summed E-state index contributed by atoms with van der Waals surface area (Å²) in [5.74, 6) is 5.66. The van der Waals surface area contributed by atoms with Crippen LogP contribution in [0.2, 0.25) is 0 Å². The highest BCUT2D eigenvalue weighted by Crippen LogP contribution is 2.12. The first-order chi connectivity index (χ1) is 9.29. The van der Waals surface area contributed by atoms with Crippen molar-refractivity contribution in [3.8, 4) is 0 Å². The molecule has 19 heavy (non-hydrogen) atoms. The molecule has 0 bridgehead atoms. The molecule has 100 valence electrons. The molecule has 1 aromatic carbocycles. The highest BCUT2D eigenvalue weighted by Gasteiger charge is 2.09. The number of hydrogen-bond donors (Lipinski definition) is 2. The third-order valence-corrected chi connectivity index (χ3v) is 3.44. The molecule has 1 unspecified atom stereocenters. The molecule has 3 heteroatoms. The van der Waals surface area contributed by atoms with E-state index in [9.17, 15) is 0 Å². The Morgan fingerprint density at radius 3 is 2.63 bits per heavy atom. The average Bonchev–Trinajstić information content (AvgIpc) is 2.46. The van der Waals surface area contributed by atoms with Crippen LogP contribution in [-0.2, 0) is 12.8 Å². The van der Waals surface area contributed by atoms with Crippen LogP contribution in [0.25, 0.3) is 0 Å². The maximum Gasteiger partial charge on any atom is 0.0404 e. The molecule has 3 N–H and O–H groups in total. The van der Waals surface area contributed by atoms with Crippen molar-refractivity contribution in [1.29, 1.82) is 0 Å². The predicted octanol–water partition coefficient (Wildman–Crippen LogP) is 2.40. The Labute approximate surface area is 114 Å². The zero-order chi connectivity index (χ0) is 13.5. The number of pyridine rings is 1. The first-order valence-corrected chi connectivity index (χ1v) is 6.70. The third-order valence-electron chi connectivity index (χ3n) is 3.44. The molecule has 3 nitrogen and oxygen atoms in total. The van der Waals surface area contributed by atoms with Gasteiger partial charge in [0.15, 0.2) is 0 Å². The first-order valence-electron chi connectivity index (χ1n) is 6.70. The number of hydrazine groups is 1. The SMILES string of the molecule is Cc1ccccc1CC(CCc1ccccn1)NN. The van der Waals surface area contributed by atoms with Crippen molar-refractivity contribution in [2.75, 3.05) is 0 Å². The Kier molecular flexibility index (Phi) is 5.07. The van der Waals surface area contributed by atoms with Gasteiger partial charge in [0, 0.05) is 17.9 Å². The minimum Gasteiger partial charge on any atom is -0.271 e. The van der Waals surface area contributed by atoms with Crippen molar-refractivity contribution in [1.82, 2.24) is 10.4 Å². The Morgan fingerprint density at radius 1 is 1.16 bits per heavy atom. The van der Waals surface area contributed by atoms with E-state index < -0.39 is 0 Å². The van der Waals surface area contributed by atoms with E-state index in [1.807, 2.05) is 18.3 Å². The zero-order valence-corrected chi connectivity index (χ0v) is 11.3. The van der Waals surface area contributed by atoms with Crippen LogP contribution in [-0.4, -0.2) is 11.0 Å². The number of nitrogens with one attached hydrogen (secondary N) is 1. The van der Waals surface area contributed by atoms with Crippen LogP contribution in [0.5, 0.6) is 0 Å². The number of hydrogen-bond acceptors (Lipinski definition) is 3. The van der Waals surface area contributed by atoms with E-state index in [1.54, 1.807) is 0 Å². The van der Waals surface area contributed by atoms with E-state index in [4.69, 9.17) is 5.84 Å². The summed E-state index contributed by atoms with van der Waals surface area (Å²) < 4.78 is 0. The van der Waals surface area contributed by atoms with Crippen molar-refractivity contribution >= 4 is 0 Å². The van der Waals surface area contributed by atoms with Gasteiger partial charge in [0.05, 0.1) is 0 Å². The van der Waals surface area contributed by atoms with Crippen LogP contribution < -0.4 is 11.3 Å². The summed E-state index contributed by atoms with van der Waals surface area (Å²) >= 11 is 0. The van der Waals surface area contributed by atoms with Gasteiger partial charge >= 0.3 is 0 Å². The summed E-state index contributed by atoms with van der Waals surface area (Å²) in [6, 6.07) is 14.8. The molecular weight excluding hydrogens is 234 g/mol. The molecule has 0 radical (unpaired) electrons. The van der Waals surface area contributed by atoms with Gasteiger partial charge in [-0.15, -0.1) is 0 Å². The lowest BCUT2D eigenvalue weighted by atomic mass is 9.98. The van der Waals surface area contributed by atoms with Gasteiger partial charge in [0.1, 0.15) is 0 Å². The van der Waals surface area contributed by atoms with Crippen LogP contribution in [0, 0.1) is 6.92 Å². The van der Waals surface area contributed by atoms with E-state index in [-0.39, 0.29) is 6.04 Å². The molecule has 1 atom stereocenters. The molecule has 1 aromatic heterocycles. The lowest BCUT2D eigenvalue weighted by Gasteiger charge is -2.17. The first kappa shape index (κ1) is 13.7. The van der Waals surface area contributed by atoms with Gasteiger partial charge in [0.2, 0.25) is 0 Å². The highest BCUT2D eigenvalue weighted by molar-refractivity contribution is 5.26. The Bertz CT molecular complexity index is 496. The highest BCUT2D eigenvalue weighted by atomic mass is 15.2. The summed E-state index contributed by atoms with van der Waals surface area (Å²) in [7, 11) is 0. The maximum atomic E-state index is 5.66. The monoisotopic (exact) mass is 255 g/mol. The van der Waals surface area contributed by atoms with Crippen molar-refractivity contribution in [3.05, 3.63) is 65.5 Å². The zero-order valence-electron chi connectivity index (χ0n) is 11.3. The second-order valence-electron chi connectivity index (χ2n) is 4.85. The summed E-state index contributed by atoms with van der Waals surface area (Å²) in [4.78, 5) is 4.34. The van der Waals surface area contributed by atoms with Crippen LogP contribution >= 0.6 is 0 Å². The molecular formula is C16H21N3. The van der Waals surface area contributed by atoms with E-state index in [0.717, 1.165) is 25.0 Å². The Hall–Kier alpha value is -1.71. The number of aryl methyl sites for hydroxylation is 2. The van der Waals surface area contributed by atoms with E-state index in [0.29, 0.717) is 0 Å². The normalized spacial score (nSPS) is 12.3. The topological polar surface area (TPSA) is 50.9 Å². The van der Waals surface area contributed by atoms with Gasteiger partial charge in [-0.2, -0.15) is 0 Å². The van der Waals surface area contributed by atoms with Gasteiger partial charge in [-0.3, -0.25) is 16.3 Å². The minimum absolute atomic E-state index is 0.281. The fourth-order valence-electron chi connectivity index (χ4n) is 2.22. The fourth-order valence-corrected chi connectivity index (χ4v) is 2.22. The van der Waals surface area contributed by atoms with Gasteiger partial charge in [-0.25, -0.2) is 0 Å². The summed E-state index contributed by atoms with van der Waals surface area (Å²) in [5.41, 5.74) is 6.71. The number of rotatable bonds is 6.